The molecule has 10 heteroatoms. The molecule has 1 saturated carbocycles. The van der Waals surface area contributed by atoms with E-state index in [-0.39, 0.29) is 46.9 Å². The molecular weight excluding hydrogens is 709 g/mol. The molecule has 5 aromatic rings. The van der Waals surface area contributed by atoms with E-state index < -0.39 is 23.4 Å². The minimum Gasteiger partial charge on any atom is -0.508 e. The van der Waals surface area contributed by atoms with Gasteiger partial charge in [-0.2, -0.15) is 0 Å². The summed E-state index contributed by atoms with van der Waals surface area (Å²) in [5.41, 5.74) is 3.66. The highest BCUT2D eigenvalue weighted by atomic mass is 16.5. The Hall–Kier alpha value is -5.48. The number of nitrogens with zero attached hydrogens (tertiary/aromatic N) is 1. The Morgan fingerprint density at radius 2 is 1.71 bits per heavy atom. The fraction of sp³-hybridized carbons (Fsp3) is 0.391. The summed E-state index contributed by atoms with van der Waals surface area (Å²) in [5, 5.41) is 60.1. The van der Waals surface area contributed by atoms with E-state index >= 15 is 4.79 Å². The van der Waals surface area contributed by atoms with Crippen molar-refractivity contribution in [2.45, 2.75) is 89.1 Å². The molecule has 1 aliphatic carbocycles. The monoisotopic (exact) mass is 760 g/mol. The molecule has 0 amide bonds. The van der Waals surface area contributed by atoms with Crippen LogP contribution in [0.25, 0.3) is 10.8 Å². The normalized spacial score (nSPS) is 18.8. The van der Waals surface area contributed by atoms with Gasteiger partial charge in [0.05, 0.1) is 25.7 Å². The predicted molar refractivity (Wildman–Crippen MR) is 217 cm³/mol. The highest BCUT2D eigenvalue weighted by molar-refractivity contribution is 5.92. The Labute approximate surface area is 327 Å². The van der Waals surface area contributed by atoms with Crippen LogP contribution in [-0.2, 0) is 23.1 Å². The Bertz CT molecular complexity index is 2210. The predicted octanol–water partition coefficient (Wildman–Crippen LogP) is 8.96. The number of carbonyl (C=O) groups is 1. The maximum Gasteiger partial charge on any atom is 0.200 e. The van der Waals surface area contributed by atoms with Crippen molar-refractivity contribution < 1.29 is 39.8 Å². The molecule has 0 radical (unpaired) electrons. The number of pyridine rings is 1. The lowest BCUT2D eigenvalue weighted by molar-refractivity contribution is -0.130. The Morgan fingerprint density at radius 1 is 0.911 bits per heavy atom. The van der Waals surface area contributed by atoms with Crippen molar-refractivity contribution in [3.63, 3.8) is 0 Å². The van der Waals surface area contributed by atoms with Crippen LogP contribution in [0.15, 0.2) is 79.0 Å². The van der Waals surface area contributed by atoms with Gasteiger partial charge in [-0.25, -0.2) is 4.98 Å². The lowest BCUT2D eigenvalue weighted by Crippen LogP contribution is -2.45. The quantitative estimate of drug-likeness (QED) is 0.0801. The Morgan fingerprint density at radius 3 is 2.48 bits per heavy atom. The number of nitrogens with one attached hydrogen (secondary N) is 1. The minimum absolute atomic E-state index is 0.0339. The van der Waals surface area contributed by atoms with E-state index in [0.717, 1.165) is 58.8 Å². The zero-order valence-corrected chi connectivity index (χ0v) is 32.3. The molecule has 2 heterocycles. The van der Waals surface area contributed by atoms with Crippen molar-refractivity contribution in [1.82, 2.24) is 4.98 Å². The van der Waals surface area contributed by atoms with Crippen LogP contribution in [0.5, 0.6) is 34.5 Å². The smallest absolute Gasteiger partial charge is 0.200 e. The van der Waals surface area contributed by atoms with Crippen LogP contribution in [0.4, 0.5) is 11.5 Å². The van der Waals surface area contributed by atoms with Gasteiger partial charge in [-0.3, -0.25) is 4.79 Å². The number of methoxy groups -OCH3 is 1. The largest absolute Gasteiger partial charge is 0.508 e. The highest BCUT2D eigenvalue weighted by Crippen LogP contribution is 2.51. The topological polar surface area (TPSA) is 162 Å². The fourth-order valence-electron chi connectivity index (χ4n) is 9.04. The first-order valence-corrected chi connectivity index (χ1v) is 19.7. The molecule has 294 valence electrons. The van der Waals surface area contributed by atoms with E-state index in [4.69, 9.17) is 14.5 Å². The van der Waals surface area contributed by atoms with Gasteiger partial charge in [-0.15, -0.1) is 0 Å². The SMILES string of the molecule is COc1cc(CCC(O)C2C(=O)CC(c3cc(O)c(O)c(OCC(C)C)c3)CCc3c(ccc4cc(O)ccc34)Nc3cc(ccn3)C23CCCC3)ccc1O. The molecule has 1 fully saturated rings. The van der Waals surface area contributed by atoms with Crippen molar-refractivity contribution in [3.05, 3.63) is 101 Å². The van der Waals surface area contributed by atoms with Gasteiger partial charge < -0.3 is 40.3 Å². The maximum absolute atomic E-state index is 15.3. The third kappa shape index (κ3) is 7.93. The minimum atomic E-state index is -0.997. The number of rotatable bonds is 9. The average molecular weight is 761 g/mol. The van der Waals surface area contributed by atoms with Crippen LogP contribution >= 0.6 is 0 Å². The first-order valence-electron chi connectivity index (χ1n) is 19.7. The summed E-state index contributed by atoms with van der Waals surface area (Å²) in [7, 11) is 1.50. The number of fused-ring (bicyclic) bond motifs is 6. The first kappa shape index (κ1) is 38.8. The van der Waals surface area contributed by atoms with Crippen molar-refractivity contribution in [2.24, 2.45) is 11.8 Å². The third-order valence-corrected chi connectivity index (χ3v) is 11.8. The highest BCUT2D eigenvalue weighted by Gasteiger charge is 2.49. The molecule has 1 aliphatic heterocycles. The second kappa shape index (κ2) is 16.3. The zero-order chi connectivity index (χ0) is 39.6. The van der Waals surface area contributed by atoms with Gasteiger partial charge in [0.2, 0.25) is 5.75 Å². The summed E-state index contributed by atoms with van der Waals surface area (Å²) in [6.45, 7) is 4.32. The summed E-state index contributed by atoms with van der Waals surface area (Å²) in [6.07, 6.45) is 5.89. The molecule has 3 atom stereocenters. The van der Waals surface area contributed by atoms with Crippen LogP contribution < -0.4 is 14.8 Å². The number of carbonyl (C=O) groups excluding carboxylic acids is 1. The van der Waals surface area contributed by atoms with Gasteiger partial charge in [0.1, 0.15) is 17.4 Å². The molecule has 7 rings (SSSR count). The summed E-state index contributed by atoms with van der Waals surface area (Å²) in [5.74, 6) is -0.411. The van der Waals surface area contributed by atoms with E-state index in [9.17, 15) is 25.5 Å². The number of phenols is 4. The van der Waals surface area contributed by atoms with Gasteiger partial charge in [-0.05, 0) is 138 Å². The van der Waals surface area contributed by atoms with E-state index in [1.54, 1.807) is 42.6 Å². The summed E-state index contributed by atoms with van der Waals surface area (Å²) in [6, 6.07) is 21.7. The third-order valence-electron chi connectivity index (χ3n) is 11.8. The summed E-state index contributed by atoms with van der Waals surface area (Å²) in [4.78, 5) is 20.0. The maximum atomic E-state index is 15.3. The summed E-state index contributed by atoms with van der Waals surface area (Å²) < 4.78 is 11.3. The van der Waals surface area contributed by atoms with Gasteiger partial charge in [0.25, 0.3) is 0 Å². The number of phenolic OH excluding ortho intramolecular Hbond substituents is 4. The number of aliphatic hydroxyl groups is 1. The van der Waals surface area contributed by atoms with Crippen LogP contribution in [-0.4, -0.2) is 56.1 Å². The number of ether oxygens (including phenoxy) is 2. The number of hydrogen-bond acceptors (Lipinski definition) is 10. The standard InChI is InChI=1S/C46H52N2O8/c1-27(2)26-56-42-24-31(23-40(53)45(42)54)29-8-11-35-34-12-10-33(49)21-30(34)9-13-36(35)48-43-25-32(16-19-47-43)46(17-4-5-18-46)44(39(52)22-29)38(51)15-7-28-6-14-37(50)41(20-28)55-3/h6,9-10,12-14,16,19-21,23-25,27,29,38,44,49-51,53-54H,4-5,7-8,11,15,17-18,22,26H2,1-3H3,(H,47,48). The van der Waals surface area contributed by atoms with E-state index in [0.29, 0.717) is 49.4 Å². The molecule has 56 heavy (non-hydrogen) atoms. The lowest BCUT2D eigenvalue weighted by atomic mass is 9.63. The molecule has 1 aromatic heterocycles. The van der Waals surface area contributed by atoms with Crippen molar-refractivity contribution in [3.8, 4) is 34.5 Å². The van der Waals surface area contributed by atoms with Crippen LogP contribution in [0.2, 0.25) is 0 Å². The number of aliphatic hydroxyl groups excluding tert-OH is 1. The molecular formula is C46H52N2O8. The Balaban J connectivity index is 1.35. The number of ketones is 1. The van der Waals surface area contributed by atoms with Gasteiger partial charge >= 0.3 is 0 Å². The number of benzene rings is 4. The van der Waals surface area contributed by atoms with E-state index in [1.165, 1.54) is 13.2 Å². The number of aryl methyl sites for hydroxylation is 2. The van der Waals surface area contributed by atoms with Gasteiger partial charge in [-0.1, -0.05) is 44.9 Å². The number of aromatic hydroxyl groups is 4. The number of hydrogen-bond donors (Lipinski definition) is 6. The van der Waals surface area contributed by atoms with Crippen LogP contribution in [0, 0.1) is 11.8 Å². The zero-order valence-electron chi connectivity index (χ0n) is 32.3. The van der Waals surface area contributed by atoms with Crippen molar-refractivity contribution in [1.29, 1.82) is 0 Å². The molecule has 1 spiro atoms. The number of anilines is 2. The number of Topliss-reactive ketones (excluding diaryl/α,β-unsaturated/α-hetero) is 1. The van der Waals surface area contributed by atoms with Crippen molar-refractivity contribution in [2.75, 3.05) is 19.0 Å². The summed E-state index contributed by atoms with van der Waals surface area (Å²) >= 11 is 0. The molecule has 2 bridgehead atoms. The Kier molecular flexibility index (Phi) is 11.3. The first-order chi connectivity index (χ1) is 26.9. The second-order valence-corrected chi connectivity index (χ2v) is 16.0. The van der Waals surface area contributed by atoms with E-state index in [1.807, 2.05) is 44.2 Å². The fourth-order valence-corrected chi connectivity index (χ4v) is 9.04. The average Bonchev–Trinajstić information content (AvgIpc) is 3.67. The molecule has 3 unspecified atom stereocenters. The molecule has 4 aromatic carbocycles. The molecule has 2 aliphatic rings. The van der Waals surface area contributed by atoms with Crippen LogP contribution in [0.1, 0.15) is 87.0 Å². The van der Waals surface area contributed by atoms with E-state index in [2.05, 4.69) is 5.32 Å². The van der Waals surface area contributed by atoms with Crippen molar-refractivity contribution >= 4 is 28.1 Å². The van der Waals surface area contributed by atoms with Gasteiger partial charge in [0, 0.05) is 23.7 Å². The lowest BCUT2D eigenvalue weighted by Gasteiger charge is -2.41. The molecule has 10 nitrogen and oxygen atoms in total. The number of aromatic nitrogens is 1. The second-order valence-electron chi connectivity index (χ2n) is 16.0. The van der Waals surface area contributed by atoms with Crippen LogP contribution in [0.3, 0.4) is 0 Å². The van der Waals surface area contributed by atoms with Gasteiger partial charge in [0.15, 0.2) is 23.0 Å². The molecule has 6 N–H and O–H groups in total. The molecule has 0 saturated heterocycles.